The molecule has 0 radical (unpaired) electrons. The third-order valence-corrected chi connectivity index (χ3v) is 7.63. The number of carbonyl (C=O) groups excluding carboxylic acids is 2. The molecule has 0 saturated heterocycles. The minimum atomic E-state index is -3.94. The van der Waals surface area contributed by atoms with E-state index < -0.39 is 34.3 Å². The van der Waals surface area contributed by atoms with Crippen molar-refractivity contribution in [1.29, 1.82) is 0 Å². The van der Waals surface area contributed by atoms with E-state index >= 15 is 0 Å². The quantitative estimate of drug-likeness (QED) is 0.323. The van der Waals surface area contributed by atoms with Crippen molar-refractivity contribution in [3.05, 3.63) is 95.3 Å². The zero-order valence-electron chi connectivity index (χ0n) is 24.1. The summed E-state index contributed by atoms with van der Waals surface area (Å²) in [5.41, 5.74) is 2.41. The molecule has 1 unspecified atom stereocenters. The van der Waals surface area contributed by atoms with Gasteiger partial charge in [0.25, 0.3) is 0 Å². The molecule has 8 nitrogen and oxygen atoms in total. The van der Waals surface area contributed by atoms with E-state index in [4.69, 9.17) is 4.74 Å². The Bertz CT molecular complexity index is 1430. The van der Waals surface area contributed by atoms with E-state index in [1.165, 1.54) is 24.1 Å². The number of ether oxygens (including phenoxy) is 1. The van der Waals surface area contributed by atoms with E-state index in [-0.39, 0.29) is 36.2 Å². The molecule has 1 N–H and O–H groups in total. The molecular formula is C31H38FN3O5S. The highest BCUT2D eigenvalue weighted by molar-refractivity contribution is 7.92. The molecule has 0 aliphatic rings. The topological polar surface area (TPSA) is 96.0 Å². The lowest BCUT2D eigenvalue weighted by Crippen LogP contribution is -2.53. The number of hydrogen-bond donors (Lipinski definition) is 1. The van der Waals surface area contributed by atoms with Crippen molar-refractivity contribution in [2.75, 3.05) is 30.8 Å². The highest BCUT2D eigenvalue weighted by Gasteiger charge is 2.33. The molecule has 0 saturated carbocycles. The Morgan fingerprint density at radius 1 is 0.976 bits per heavy atom. The number of aryl methyl sites for hydroxylation is 1. The van der Waals surface area contributed by atoms with Crippen LogP contribution in [0.4, 0.5) is 10.1 Å². The van der Waals surface area contributed by atoms with Gasteiger partial charge in [-0.3, -0.25) is 13.9 Å². The fourth-order valence-electron chi connectivity index (χ4n) is 4.35. The Morgan fingerprint density at radius 3 is 2.22 bits per heavy atom. The summed E-state index contributed by atoms with van der Waals surface area (Å²) in [5.74, 6) is -0.931. The maximum absolute atomic E-state index is 14.1. The van der Waals surface area contributed by atoms with Crippen LogP contribution in [-0.2, 0) is 32.6 Å². The summed E-state index contributed by atoms with van der Waals surface area (Å²) in [4.78, 5) is 29.1. The maximum atomic E-state index is 14.1. The highest BCUT2D eigenvalue weighted by atomic mass is 32.2. The van der Waals surface area contributed by atoms with Crippen molar-refractivity contribution in [3.8, 4) is 5.75 Å². The van der Waals surface area contributed by atoms with Crippen molar-refractivity contribution in [2.45, 2.75) is 39.8 Å². The molecule has 2 amide bonds. The van der Waals surface area contributed by atoms with Crippen LogP contribution in [0.15, 0.2) is 72.8 Å². The lowest BCUT2D eigenvalue weighted by molar-refractivity contribution is -0.140. The fraction of sp³-hybridized carbons (Fsp3) is 0.355. The van der Waals surface area contributed by atoms with Gasteiger partial charge in [-0.05, 0) is 53.8 Å². The normalized spacial score (nSPS) is 12.1. The van der Waals surface area contributed by atoms with Crippen LogP contribution in [-0.4, -0.2) is 57.6 Å². The van der Waals surface area contributed by atoms with Crippen LogP contribution in [0.5, 0.6) is 5.75 Å². The van der Waals surface area contributed by atoms with E-state index in [1.54, 1.807) is 37.3 Å². The van der Waals surface area contributed by atoms with E-state index in [2.05, 4.69) is 5.32 Å². The van der Waals surface area contributed by atoms with Crippen LogP contribution in [0.3, 0.4) is 0 Å². The largest absolute Gasteiger partial charge is 0.495 e. The second kappa shape index (κ2) is 14.1. The van der Waals surface area contributed by atoms with Gasteiger partial charge in [0.05, 0.1) is 19.1 Å². The SMILES string of the molecule is COc1ccc(C)cc1N(CC(=O)N(Cc1ccc(F)cc1)C(Cc1ccccc1)C(=O)NCC(C)C)S(C)(=O)=O. The van der Waals surface area contributed by atoms with Crippen LogP contribution in [0, 0.1) is 18.7 Å². The molecule has 0 heterocycles. The average molecular weight is 584 g/mol. The summed E-state index contributed by atoms with van der Waals surface area (Å²) in [6.07, 6.45) is 1.22. The van der Waals surface area contributed by atoms with Crippen molar-refractivity contribution in [2.24, 2.45) is 5.92 Å². The molecule has 3 aromatic rings. The summed E-state index contributed by atoms with van der Waals surface area (Å²) in [7, 11) is -2.52. The first-order valence-corrected chi connectivity index (χ1v) is 15.2. The lowest BCUT2D eigenvalue weighted by atomic mass is 10.0. The van der Waals surface area contributed by atoms with Crippen molar-refractivity contribution >= 4 is 27.5 Å². The monoisotopic (exact) mass is 583 g/mol. The van der Waals surface area contributed by atoms with E-state index in [0.717, 1.165) is 21.7 Å². The highest BCUT2D eigenvalue weighted by Crippen LogP contribution is 2.31. The minimum absolute atomic E-state index is 0.0335. The van der Waals surface area contributed by atoms with Gasteiger partial charge in [0.1, 0.15) is 24.2 Å². The molecule has 0 aliphatic heterocycles. The zero-order valence-corrected chi connectivity index (χ0v) is 24.9. The number of nitrogens with zero attached hydrogens (tertiary/aromatic N) is 2. The third-order valence-electron chi connectivity index (χ3n) is 6.50. The summed E-state index contributed by atoms with van der Waals surface area (Å²) in [5, 5.41) is 2.93. The molecule has 0 bridgehead atoms. The molecule has 41 heavy (non-hydrogen) atoms. The van der Waals surface area contributed by atoms with Crippen molar-refractivity contribution in [3.63, 3.8) is 0 Å². The number of benzene rings is 3. The number of rotatable bonds is 13. The van der Waals surface area contributed by atoms with Gasteiger partial charge in [-0.15, -0.1) is 0 Å². The predicted molar refractivity (Wildman–Crippen MR) is 159 cm³/mol. The molecule has 0 aromatic heterocycles. The first-order valence-electron chi connectivity index (χ1n) is 13.4. The van der Waals surface area contributed by atoms with Gasteiger partial charge < -0.3 is 15.0 Å². The summed E-state index contributed by atoms with van der Waals surface area (Å²) < 4.78 is 46.1. The Hall–Kier alpha value is -3.92. The van der Waals surface area contributed by atoms with Crippen molar-refractivity contribution in [1.82, 2.24) is 10.2 Å². The number of anilines is 1. The third kappa shape index (κ3) is 9.04. The average Bonchev–Trinajstić information content (AvgIpc) is 2.93. The van der Waals surface area contributed by atoms with E-state index in [9.17, 15) is 22.4 Å². The van der Waals surface area contributed by atoms with Crippen LogP contribution in [0.2, 0.25) is 0 Å². The number of methoxy groups -OCH3 is 1. The summed E-state index contributed by atoms with van der Waals surface area (Å²) >= 11 is 0. The van der Waals surface area contributed by atoms with Gasteiger partial charge >= 0.3 is 0 Å². The van der Waals surface area contributed by atoms with E-state index in [1.807, 2.05) is 44.2 Å². The smallest absolute Gasteiger partial charge is 0.244 e. The molecule has 3 aromatic carbocycles. The number of amides is 2. The Morgan fingerprint density at radius 2 is 1.63 bits per heavy atom. The number of hydrogen-bond acceptors (Lipinski definition) is 5. The lowest BCUT2D eigenvalue weighted by Gasteiger charge is -2.34. The van der Waals surface area contributed by atoms with Gasteiger partial charge in [0.15, 0.2) is 0 Å². The van der Waals surface area contributed by atoms with Gasteiger partial charge in [0, 0.05) is 19.5 Å². The predicted octanol–water partition coefficient (Wildman–Crippen LogP) is 4.32. The minimum Gasteiger partial charge on any atom is -0.495 e. The van der Waals surface area contributed by atoms with Crippen molar-refractivity contribution < 1.29 is 27.1 Å². The van der Waals surface area contributed by atoms with Crippen LogP contribution in [0.25, 0.3) is 0 Å². The molecule has 1 atom stereocenters. The second-order valence-corrected chi connectivity index (χ2v) is 12.3. The van der Waals surface area contributed by atoms with Gasteiger partial charge in [-0.1, -0.05) is 62.4 Å². The molecule has 220 valence electrons. The molecular weight excluding hydrogens is 545 g/mol. The van der Waals surface area contributed by atoms with Crippen LogP contribution < -0.4 is 14.4 Å². The summed E-state index contributed by atoms with van der Waals surface area (Å²) in [6, 6.07) is 19.0. The van der Waals surface area contributed by atoms with Gasteiger partial charge in [0.2, 0.25) is 21.8 Å². The van der Waals surface area contributed by atoms with Crippen LogP contribution in [0.1, 0.15) is 30.5 Å². The maximum Gasteiger partial charge on any atom is 0.244 e. The number of carbonyl (C=O) groups is 2. The molecule has 0 spiro atoms. The zero-order chi connectivity index (χ0) is 30.2. The molecule has 0 aliphatic carbocycles. The molecule has 3 rings (SSSR count). The molecule has 0 fully saturated rings. The first-order chi connectivity index (χ1) is 19.4. The number of nitrogens with one attached hydrogen (secondary N) is 1. The first kappa shape index (κ1) is 31.6. The Balaban J connectivity index is 2.08. The van der Waals surface area contributed by atoms with Crippen LogP contribution >= 0.6 is 0 Å². The Kier molecular flexibility index (Phi) is 10.9. The van der Waals surface area contributed by atoms with Gasteiger partial charge in [-0.25, -0.2) is 12.8 Å². The molecule has 10 heteroatoms. The van der Waals surface area contributed by atoms with E-state index in [0.29, 0.717) is 12.1 Å². The Labute approximate surface area is 242 Å². The standard InChI is InChI=1S/C31H38FN3O5S/c1-22(2)19-33-31(37)28(18-24-9-7-6-8-10-24)34(20-25-12-14-26(32)15-13-25)30(36)21-35(41(5,38)39)27-17-23(3)11-16-29(27)40-4/h6-17,22,28H,18-21H2,1-5H3,(H,33,37). The van der Waals surface area contributed by atoms with Gasteiger partial charge in [-0.2, -0.15) is 0 Å². The number of sulfonamides is 1. The summed E-state index contributed by atoms with van der Waals surface area (Å²) in [6.45, 7) is 5.54. The second-order valence-electron chi connectivity index (χ2n) is 10.4. The fourth-order valence-corrected chi connectivity index (χ4v) is 5.20. The number of halogens is 1.